The predicted molar refractivity (Wildman–Crippen MR) is 133 cm³/mol. The number of carbonyl (C=O) groups excluding carboxylic acids is 1. The minimum absolute atomic E-state index is 0.219. The van der Waals surface area contributed by atoms with Crippen molar-refractivity contribution in [2.75, 3.05) is 13.2 Å². The Labute approximate surface area is 212 Å². The summed E-state index contributed by atoms with van der Waals surface area (Å²) >= 11 is 0. The highest BCUT2D eigenvalue weighted by atomic mass is 16.7. The zero-order valence-electron chi connectivity index (χ0n) is 22.7. The molecule has 6 fully saturated rings. The van der Waals surface area contributed by atoms with Crippen molar-refractivity contribution in [3.8, 4) is 0 Å². The van der Waals surface area contributed by atoms with E-state index in [9.17, 15) is 9.90 Å². The SMILES string of the molecule is CCOC(=O)[C@]1(O)CC[C@@]2(C)[C@H](CC[C@@H]3[C@@H]2CC[C@]2(C)[C@@H]4[C@H](C[C@@H]32)O[C@]2(CC[C@H](C)CO2)[C@H]4C)C1. The van der Waals surface area contributed by atoms with Crippen molar-refractivity contribution < 1.29 is 24.1 Å². The number of esters is 1. The molecule has 0 bridgehead atoms. The Bertz CT molecular complexity index is 850. The fourth-order valence-corrected chi connectivity index (χ4v) is 10.7. The van der Waals surface area contributed by atoms with Gasteiger partial charge in [0, 0.05) is 12.3 Å². The first-order valence-electron chi connectivity index (χ1n) is 14.8. The number of aliphatic hydroxyl groups is 1. The second-order valence-electron chi connectivity index (χ2n) is 14.1. The van der Waals surface area contributed by atoms with Crippen molar-refractivity contribution in [1.82, 2.24) is 0 Å². The number of fused-ring (bicyclic) bond motifs is 7. The number of rotatable bonds is 2. The lowest BCUT2D eigenvalue weighted by Crippen LogP contribution is -2.58. The van der Waals surface area contributed by atoms with Crippen LogP contribution in [0.5, 0.6) is 0 Å². The first kappa shape index (κ1) is 24.7. The maximum absolute atomic E-state index is 12.6. The first-order chi connectivity index (χ1) is 16.6. The topological polar surface area (TPSA) is 65.0 Å². The molecule has 1 spiro atoms. The van der Waals surface area contributed by atoms with E-state index in [0.29, 0.717) is 60.6 Å². The summed E-state index contributed by atoms with van der Waals surface area (Å²) in [5, 5.41) is 11.2. The van der Waals surface area contributed by atoms with Gasteiger partial charge in [0.2, 0.25) is 0 Å². The van der Waals surface area contributed by atoms with Gasteiger partial charge in [0.15, 0.2) is 11.4 Å². The molecule has 12 atom stereocenters. The summed E-state index contributed by atoms with van der Waals surface area (Å²) in [6.07, 6.45) is 10.8. The van der Waals surface area contributed by atoms with E-state index in [1.54, 1.807) is 0 Å². The Hall–Kier alpha value is -0.650. The molecule has 2 heterocycles. The second kappa shape index (κ2) is 8.17. The zero-order chi connectivity index (χ0) is 24.8. The summed E-state index contributed by atoms with van der Waals surface area (Å²) in [4.78, 5) is 12.6. The van der Waals surface area contributed by atoms with Gasteiger partial charge in [-0.25, -0.2) is 4.79 Å². The fraction of sp³-hybridized carbons (Fsp3) is 0.967. The molecule has 198 valence electrons. The van der Waals surface area contributed by atoms with E-state index in [1.807, 2.05) is 6.92 Å². The number of hydrogen-bond acceptors (Lipinski definition) is 5. The Kier molecular flexibility index (Phi) is 5.76. The summed E-state index contributed by atoms with van der Waals surface area (Å²) < 4.78 is 18.7. The molecule has 4 aliphatic carbocycles. The summed E-state index contributed by atoms with van der Waals surface area (Å²) in [7, 11) is 0. The normalized spacial score (nSPS) is 57.2. The Morgan fingerprint density at radius 2 is 1.80 bits per heavy atom. The molecule has 35 heavy (non-hydrogen) atoms. The highest BCUT2D eigenvalue weighted by Gasteiger charge is 2.69. The minimum atomic E-state index is -1.28. The molecule has 0 aromatic rings. The van der Waals surface area contributed by atoms with Crippen LogP contribution < -0.4 is 0 Å². The highest BCUT2D eigenvalue weighted by molar-refractivity contribution is 5.79. The lowest BCUT2D eigenvalue weighted by atomic mass is 9.43. The fourth-order valence-electron chi connectivity index (χ4n) is 10.7. The van der Waals surface area contributed by atoms with Gasteiger partial charge in [0.25, 0.3) is 0 Å². The van der Waals surface area contributed by atoms with Crippen LogP contribution in [0.3, 0.4) is 0 Å². The van der Waals surface area contributed by atoms with Crippen LogP contribution in [0.2, 0.25) is 0 Å². The van der Waals surface area contributed by atoms with E-state index in [1.165, 1.54) is 32.1 Å². The summed E-state index contributed by atoms with van der Waals surface area (Å²) in [6, 6.07) is 0. The van der Waals surface area contributed by atoms with E-state index < -0.39 is 11.6 Å². The van der Waals surface area contributed by atoms with Gasteiger partial charge in [-0.2, -0.15) is 0 Å². The molecule has 5 heteroatoms. The molecular weight excluding hydrogens is 440 g/mol. The maximum atomic E-state index is 12.6. The molecule has 0 aromatic heterocycles. The van der Waals surface area contributed by atoms with Gasteiger partial charge in [-0.1, -0.05) is 27.7 Å². The third-order valence-electron chi connectivity index (χ3n) is 12.6. The smallest absolute Gasteiger partial charge is 0.338 e. The van der Waals surface area contributed by atoms with Gasteiger partial charge < -0.3 is 19.3 Å². The van der Waals surface area contributed by atoms with Gasteiger partial charge in [0.1, 0.15) is 0 Å². The second-order valence-corrected chi connectivity index (χ2v) is 14.1. The minimum Gasteiger partial charge on any atom is -0.464 e. The van der Waals surface area contributed by atoms with Crippen molar-refractivity contribution in [3.05, 3.63) is 0 Å². The Balaban J connectivity index is 1.21. The lowest BCUT2D eigenvalue weighted by Gasteiger charge is -2.62. The van der Waals surface area contributed by atoms with Crippen molar-refractivity contribution in [2.24, 2.45) is 52.3 Å². The third-order valence-corrected chi connectivity index (χ3v) is 12.6. The van der Waals surface area contributed by atoms with Gasteiger partial charge in [-0.15, -0.1) is 0 Å². The molecule has 0 aromatic carbocycles. The number of ether oxygens (including phenoxy) is 3. The number of carbonyl (C=O) groups is 1. The zero-order valence-corrected chi connectivity index (χ0v) is 22.7. The maximum Gasteiger partial charge on any atom is 0.338 e. The van der Waals surface area contributed by atoms with Crippen LogP contribution in [-0.2, 0) is 19.0 Å². The highest BCUT2D eigenvalue weighted by Crippen LogP contribution is 2.71. The molecule has 0 radical (unpaired) electrons. The molecule has 6 aliphatic rings. The molecule has 5 nitrogen and oxygen atoms in total. The molecule has 2 aliphatic heterocycles. The first-order valence-corrected chi connectivity index (χ1v) is 14.8. The molecule has 6 rings (SSSR count). The standard InChI is InChI=1S/C30H48O5/c1-6-33-26(31)29(32)14-13-27(4)20(16-29)7-8-21-22(27)10-11-28(5)23(21)15-24-25(28)19(3)30(35-24)12-9-18(2)17-34-30/h18-25,32H,6-17H2,1-5H3/t18-,19-,20+,21+,22-,23-,24-,25-,27-,28-,29-,30+/m0/s1. The number of hydrogen-bond donors (Lipinski definition) is 1. The van der Waals surface area contributed by atoms with E-state index in [2.05, 4.69) is 27.7 Å². The van der Waals surface area contributed by atoms with Crippen LogP contribution in [0.25, 0.3) is 0 Å². The van der Waals surface area contributed by atoms with Crippen LogP contribution in [0, 0.1) is 52.3 Å². The van der Waals surface area contributed by atoms with Crippen LogP contribution >= 0.6 is 0 Å². The molecule has 4 saturated carbocycles. The van der Waals surface area contributed by atoms with Crippen LogP contribution in [0.4, 0.5) is 0 Å². The van der Waals surface area contributed by atoms with Gasteiger partial charge in [0.05, 0.1) is 19.3 Å². The van der Waals surface area contributed by atoms with Gasteiger partial charge in [-0.05, 0) is 111 Å². The molecule has 2 saturated heterocycles. The van der Waals surface area contributed by atoms with Crippen molar-refractivity contribution >= 4 is 5.97 Å². The van der Waals surface area contributed by atoms with Crippen LogP contribution in [-0.4, -0.2) is 41.8 Å². The molecule has 0 unspecified atom stereocenters. The molecular formula is C30H48O5. The monoisotopic (exact) mass is 488 g/mol. The van der Waals surface area contributed by atoms with Crippen molar-refractivity contribution in [3.63, 3.8) is 0 Å². The molecule has 0 amide bonds. The van der Waals surface area contributed by atoms with E-state index >= 15 is 0 Å². The average molecular weight is 489 g/mol. The average Bonchev–Trinajstić information content (AvgIpc) is 3.27. The van der Waals surface area contributed by atoms with E-state index in [0.717, 1.165) is 37.7 Å². The van der Waals surface area contributed by atoms with Crippen LogP contribution in [0.1, 0.15) is 98.8 Å². The summed E-state index contributed by atoms with van der Waals surface area (Å²) in [5.74, 6) is 3.55. The van der Waals surface area contributed by atoms with Gasteiger partial charge in [-0.3, -0.25) is 0 Å². The quantitative estimate of drug-likeness (QED) is 0.503. The van der Waals surface area contributed by atoms with Crippen LogP contribution in [0.15, 0.2) is 0 Å². The Morgan fingerprint density at radius 3 is 2.51 bits per heavy atom. The summed E-state index contributed by atoms with van der Waals surface area (Å²) in [6.45, 7) is 12.8. The molecule has 1 N–H and O–H groups in total. The predicted octanol–water partition coefficient (Wildman–Crippen LogP) is 5.73. The Morgan fingerprint density at radius 1 is 1.00 bits per heavy atom. The van der Waals surface area contributed by atoms with E-state index in [-0.39, 0.29) is 11.2 Å². The van der Waals surface area contributed by atoms with Crippen molar-refractivity contribution in [1.29, 1.82) is 0 Å². The lowest BCUT2D eigenvalue weighted by molar-refractivity contribution is -0.273. The van der Waals surface area contributed by atoms with Crippen molar-refractivity contribution in [2.45, 2.75) is 116 Å². The third kappa shape index (κ3) is 3.39. The van der Waals surface area contributed by atoms with Gasteiger partial charge >= 0.3 is 5.97 Å². The summed E-state index contributed by atoms with van der Waals surface area (Å²) in [5.41, 5.74) is -0.725. The van der Waals surface area contributed by atoms with E-state index in [4.69, 9.17) is 14.2 Å². The largest absolute Gasteiger partial charge is 0.464 e.